The summed E-state index contributed by atoms with van der Waals surface area (Å²) in [6.07, 6.45) is 0. The zero-order valence-electron chi connectivity index (χ0n) is 12.6. The number of aliphatic hydroxyl groups is 1. The smallest absolute Gasteiger partial charge is 0.161 e. The second-order valence-electron chi connectivity index (χ2n) is 4.87. The van der Waals surface area contributed by atoms with Crippen molar-refractivity contribution in [2.45, 2.75) is 6.54 Å². The van der Waals surface area contributed by atoms with Crippen molar-refractivity contribution in [3.8, 4) is 22.9 Å². The number of hydrogen-bond acceptors (Lipinski definition) is 4. The van der Waals surface area contributed by atoms with Crippen LogP contribution in [0.1, 0.15) is 0 Å². The highest BCUT2D eigenvalue weighted by Crippen LogP contribution is 2.33. The molecule has 3 aromatic rings. The fourth-order valence-corrected chi connectivity index (χ4v) is 2.60. The minimum absolute atomic E-state index is 0.0562. The number of fused-ring (bicyclic) bond motifs is 1. The van der Waals surface area contributed by atoms with Crippen molar-refractivity contribution in [1.29, 1.82) is 0 Å². The molecule has 0 saturated heterocycles. The van der Waals surface area contributed by atoms with Crippen molar-refractivity contribution in [2.75, 3.05) is 20.8 Å². The Balaban J connectivity index is 2.19. The van der Waals surface area contributed by atoms with E-state index in [2.05, 4.69) is 4.98 Å². The Morgan fingerprint density at radius 3 is 2.55 bits per heavy atom. The first-order valence-corrected chi connectivity index (χ1v) is 7.07. The van der Waals surface area contributed by atoms with Gasteiger partial charge in [0, 0.05) is 12.1 Å². The van der Waals surface area contributed by atoms with Crippen LogP contribution in [0.5, 0.6) is 11.5 Å². The maximum atomic E-state index is 9.36. The summed E-state index contributed by atoms with van der Waals surface area (Å²) in [6.45, 7) is 0.546. The first-order chi connectivity index (χ1) is 10.8. The van der Waals surface area contributed by atoms with Crippen LogP contribution in [0.4, 0.5) is 0 Å². The number of aliphatic hydroxyl groups excluding tert-OH is 1. The first kappa shape index (κ1) is 14.4. The molecule has 1 N–H and O–H groups in total. The molecule has 0 atom stereocenters. The Bertz CT molecular complexity index is 796. The maximum Gasteiger partial charge on any atom is 0.161 e. The molecule has 22 heavy (non-hydrogen) atoms. The number of aromatic nitrogens is 2. The van der Waals surface area contributed by atoms with Gasteiger partial charge in [0.2, 0.25) is 0 Å². The molecule has 114 valence electrons. The van der Waals surface area contributed by atoms with Gasteiger partial charge < -0.3 is 19.1 Å². The molecule has 0 amide bonds. The summed E-state index contributed by atoms with van der Waals surface area (Å²) in [5.74, 6) is 2.13. The van der Waals surface area contributed by atoms with Crippen LogP contribution in [0, 0.1) is 0 Å². The molecule has 0 fully saturated rings. The Morgan fingerprint density at radius 1 is 1.05 bits per heavy atom. The molecule has 0 saturated carbocycles. The van der Waals surface area contributed by atoms with Crippen LogP contribution in [-0.2, 0) is 6.54 Å². The molecule has 3 rings (SSSR count). The summed E-state index contributed by atoms with van der Waals surface area (Å²) in [5.41, 5.74) is 2.82. The van der Waals surface area contributed by atoms with E-state index in [4.69, 9.17) is 9.47 Å². The fraction of sp³-hybridized carbons (Fsp3) is 0.235. The highest BCUT2D eigenvalue weighted by Gasteiger charge is 2.14. The molecule has 5 nitrogen and oxygen atoms in total. The lowest BCUT2D eigenvalue weighted by Crippen LogP contribution is -2.04. The van der Waals surface area contributed by atoms with Crippen LogP contribution in [-0.4, -0.2) is 35.5 Å². The van der Waals surface area contributed by atoms with E-state index in [9.17, 15) is 5.11 Å². The van der Waals surface area contributed by atoms with Gasteiger partial charge in [-0.1, -0.05) is 12.1 Å². The first-order valence-electron chi connectivity index (χ1n) is 7.07. The van der Waals surface area contributed by atoms with Crippen molar-refractivity contribution in [3.63, 3.8) is 0 Å². The number of methoxy groups -OCH3 is 2. The topological polar surface area (TPSA) is 56.5 Å². The van der Waals surface area contributed by atoms with E-state index in [1.165, 1.54) is 0 Å². The van der Waals surface area contributed by atoms with Gasteiger partial charge in [-0.2, -0.15) is 0 Å². The average molecular weight is 298 g/mol. The van der Waals surface area contributed by atoms with Gasteiger partial charge in [0.25, 0.3) is 0 Å². The predicted octanol–water partition coefficient (Wildman–Crippen LogP) is 2.71. The number of nitrogens with zero attached hydrogens (tertiary/aromatic N) is 2. The van der Waals surface area contributed by atoms with Crippen molar-refractivity contribution >= 4 is 11.0 Å². The second-order valence-corrected chi connectivity index (χ2v) is 4.87. The summed E-state index contributed by atoms with van der Waals surface area (Å²) in [4.78, 5) is 4.69. The molecule has 0 aliphatic carbocycles. The van der Waals surface area contributed by atoms with Gasteiger partial charge in [-0.3, -0.25) is 0 Å². The Labute approximate surface area is 128 Å². The van der Waals surface area contributed by atoms with Crippen molar-refractivity contribution < 1.29 is 14.6 Å². The lowest BCUT2D eigenvalue weighted by atomic mass is 10.2. The minimum atomic E-state index is 0.0562. The number of ether oxygens (including phenoxy) is 2. The fourth-order valence-electron chi connectivity index (χ4n) is 2.60. The quantitative estimate of drug-likeness (QED) is 0.787. The maximum absolute atomic E-state index is 9.36. The molecular formula is C17H18N2O3. The van der Waals surface area contributed by atoms with Crippen molar-refractivity contribution in [3.05, 3.63) is 42.5 Å². The number of imidazole rings is 1. The zero-order valence-corrected chi connectivity index (χ0v) is 12.6. The number of benzene rings is 2. The summed E-state index contributed by atoms with van der Waals surface area (Å²) in [7, 11) is 3.22. The van der Waals surface area contributed by atoms with Crippen LogP contribution in [0.15, 0.2) is 42.5 Å². The van der Waals surface area contributed by atoms with Crippen molar-refractivity contribution in [2.24, 2.45) is 0 Å². The Kier molecular flexibility index (Phi) is 3.98. The van der Waals surface area contributed by atoms with Crippen LogP contribution < -0.4 is 9.47 Å². The summed E-state index contributed by atoms with van der Waals surface area (Å²) < 4.78 is 12.6. The van der Waals surface area contributed by atoms with E-state index in [1.807, 2.05) is 47.0 Å². The van der Waals surface area contributed by atoms with Crippen LogP contribution >= 0.6 is 0 Å². The molecule has 5 heteroatoms. The van der Waals surface area contributed by atoms with E-state index in [-0.39, 0.29) is 6.61 Å². The average Bonchev–Trinajstić information content (AvgIpc) is 2.93. The van der Waals surface area contributed by atoms with Gasteiger partial charge in [-0.05, 0) is 30.3 Å². The van der Waals surface area contributed by atoms with Gasteiger partial charge >= 0.3 is 0 Å². The Morgan fingerprint density at radius 2 is 1.82 bits per heavy atom. The normalized spacial score (nSPS) is 10.9. The molecule has 2 aromatic carbocycles. The van der Waals surface area contributed by atoms with Gasteiger partial charge in [-0.25, -0.2) is 4.98 Å². The molecule has 0 bridgehead atoms. The van der Waals surface area contributed by atoms with Gasteiger partial charge in [0.15, 0.2) is 11.5 Å². The van der Waals surface area contributed by atoms with Gasteiger partial charge in [0.05, 0.1) is 31.9 Å². The molecule has 1 heterocycles. The summed E-state index contributed by atoms with van der Waals surface area (Å²) in [6, 6.07) is 13.6. The minimum Gasteiger partial charge on any atom is -0.493 e. The largest absolute Gasteiger partial charge is 0.493 e. The number of rotatable bonds is 5. The zero-order chi connectivity index (χ0) is 15.5. The number of para-hydroxylation sites is 2. The molecule has 0 radical (unpaired) electrons. The summed E-state index contributed by atoms with van der Waals surface area (Å²) >= 11 is 0. The van der Waals surface area contributed by atoms with Crippen LogP contribution in [0.2, 0.25) is 0 Å². The molecule has 0 unspecified atom stereocenters. The molecular weight excluding hydrogens is 280 g/mol. The second kappa shape index (κ2) is 6.07. The van der Waals surface area contributed by atoms with E-state index >= 15 is 0 Å². The predicted molar refractivity (Wildman–Crippen MR) is 85.4 cm³/mol. The number of hydrogen-bond donors (Lipinski definition) is 1. The SMILES string of the molecule is COc1ccc(-c2nc3ccccc3n2CCO)cc1OC. The molecule has 0 spiro atoms. The van der Waals surface area contributed by atoms with Crippen molar-refractivity contribution in [1.82, 2.24) is 9.55 Å². The summed E-state index contributed by atoms with van der Waals surface area (Å²) in [5, 5.41) is 9.36. The van der Waals surface area contributed by atoms with E-state index in [0.29, 0.717) is 18.0 Å². The van der Waals surface area contributed by atoms with Gasteiger partial charge in [0.1, 0.15) is 5.82 Å². The Hall–Kier alpha value is -2.53. The van der Waals surface area contributed by atoms with Crippen LogP contribution in [0.3, 0.4) is 0 Å². The monoisotopic (exact) mass is 298 g/mol. The highest BCUT2D eigenvalue weighted by molar-refractivity contribution is 5.81. The lowest BCUT2D eigenvalue weighted by Gasteiger charge is -2.11. The third-order valence-electron chi connectivity index (χ3n) is 3.62. The van der Waals surface area contributed by atoms with E-state index < -0.39 is 0 Å². The molecule has 0 aliphatic heterocycles. The van der Waals surface area contributed by atoms with E-state index in [0.717, 1.165) is 22.4 Å². The standard InChI is InChI=1S/C17H18N2O3/c1-21-15-8-7-12(11-16(15)22-2)17-18-13-5-3-4-6-14(13)19(17)9-10-20/h3-8,11,20H,9-10H2,1-2H3. The molecule has 1 aromatic heterocycles. The highest BCUT2D eigenvalue weighted by atomic mass is 16.5. The van der Waals surface area contributed by atoms with E-state index in [1.54, 1.807) is 14.2 Å². The third kappa shape index (κ3) is 2.40. The van der Waals surface area contributed by atoms with Gasteiger partial charge in [-0.15, -0.1) is 0 Å². The lowest BCUT2D eigenvalue weighted by molar-refractivity contribution is 0.278. The third-order valence-corrected chi connectivity index (χ3v) is 3.62. The van der Waals surface area contributed by atoms with Crippen LogP contribution in [0.25, 0.3) is 22.4 Å². The molecule has 0 aliphatic rings.